The highest BCUT2D eigenvalue weighted by Crippen LogP contribution is 2.41. The summed E-state index contributed by atoms with van der Waals surface area (Å²) in [5.41, 5.74) is 0.278. The van der Waals surface area contributed by atoms with Gasteiger partial charge in [-0.1, -0.05) is 28.1 Å². The zero-order valence-electron chi connectivity index (χ0n) is 16.3. The number of nitrogens with zero attached hydrogens (tertiary/aromatic N) is 1. The number of hydrogen-bond acceptors (Lipinski definition) is 4. The molecule has 0 aliphatic heterocycles. The van der Waals surface area contributed by atoms with E-state index in [0.29, 0.717) is 42.2 Å². The number of sulfonamides is 1. The predicted molar refractivity (Wildman–Crippen MR) is 109 cm³/mol. The zero-order chi connectivity index (χ0) is 23.0. The van der Waals surface area contributed by atoms with Crippen LogP contribution in [0.25, 0.3) is 0 Å². The Bertz CT molecular complexity index is 1100. The average molecular weight is 522 g/mol. The van der Waals surface area contributed by atoms with E-state index in [0.717, 1.165) is 16.4 Å². The largest absolute Gasteiger partial charge is 0.482 e. The first-order valence-electron chi connectivity index (χ1n) is 9.23. The number of ether oxygens (including phenoxy) is 1. The molecule has 0 saturated carbocycles. The number of benzene rings is 2. The molecule has 0 spiro atoms. The average Bonchev–Trinajstić information content (AvgIpc) is 2.70. The second-order valence-electron chi connectivity index (χ2n) is 7.11. The van der Waals surface area contributed by atoms with E-state index in [4.69, 9.17) is 9.84 Å². The van der Waals surface area contributed by atoms with Crippen molar-refractivity contribution in [2.24, 2.45) is 0 Å². The van der Waals surface area contributed by atoms with E-state index >= 15 is 0 Å². The lowest BCUT2D eigenvalue weighted by molar-refractivity contribution is -0.139. The van der Waals surface area contributed by atoms with Crippen molar-refractivity contribution in [2.75, 3.05) is 13.7 Å². The number of fused-ring (bicyclic) bond motifs is 1. The molecule has 0 amide bonds. The molecule has 1 N–H and O–H groups in total. The molecule has 1 unspecified atom stereocenters. The molecule has 1 aliphatic carbocycles. The smallest absolute Gasteiger partial charge is 0.416 e. The van der Waals surface area contributed by atoms with Gasteiger partial charge in [-0.2, -0.15) is 17.5 Å². The maximum absolute atomic E-state index is 13.2. The molecule has 0 radical (unpaired) electrons. The van der Waals surface area contributed by atoms with Crippen molar-refractivity contribution in [2.45, 2.75) is 36.4 Å². The van der Waals surface area contributed by atoms with Crippen LogP contribution in [0, 0.1) is 0 Å². The van der Waals surface area contributed by atoms with Gasteiger partial charge in [0.05, 0.1) is 16.5 Å². The molecule has 11 heteroatoms. The highest BCUT2D eigenvalue weighted by Gasteiger charge is 2.36. The number of carboxylic acids is 1. The SMILES string of the molecule is CN(C1CCCc2c(OCC(=O)O)cccc21)S(=O)(=O)c1cc(Br)cc(C(F)(F)F)c1. The number of carbonyl (C=O) groups is 1. The molecule has 0 fully saturated rings. The molecular formula is C20H19BrF3NO5S. The first-order valence-corrected chi connectivity index (χ1v) is 11.5. The molecule has 1 aliphatic rings. The van der Waals surface area contributed by atoms with Gasteiger partial charge in [-0.25, -0.2) is 13.2 Å². The van der Waals surface area contributed by atoms with E-state index in [1.165, 1.54) is 7.05 Å². The molecule has 2 aromatic carbocycles. The van der Waals surface area contributed by atoms with Crippen LogP contribution >= 0.6 is 15.9 Å². The number of hydrogen-bond donors (Lipinski definition) is 1. The number of halogens is 4. The van der Waals surface area contributed by atoms with Gasteiger partial charge in [-0.3, -0.25) is 0 Å². The van der Waals surface area contributed by atoms with Crippen molar-refractivity contribution in [1.82, 2.24) is 4.31 Å². The van der Waals surface area contributed by atoms with Crippen molar-refractivity contribution >= 4 is 31.9 Å². The highest BCUT2D eigenvalue weighted by molar-refractivity contribution is 9.10. The number of alkyl halides is 3. The van der Waals surface area contributed by atoms with Crippen LogP contribution in [-0.2, 0) is 27.4 Å². The topological polar surface area (TPSA) is 83.9 Å². The fourth-order valence-corrected chi connectivity index (χ4v) is 5.73. The summed E-state index contributed by atoms with van der Waals surface area (Å²) < 4.78 is 72.3. The summed E-state index contributed by atoms with van der Waals surface area (Å²) in [5, 5.41) is 8.86. The summed E-state index contributed by atoms with van der Waals surface area (Å²) in [6, 6.07) is 6.92. The highest BCUT2D eigenvalue weighted by atomic mass is 79.9. The molecule has 1 atom stereocenters. The maximum atomic E-state index is 13.2. The van der Waals surface area contributed by atoms with Crippen LogP contribution in [0.3, 0.4) is 0 Å². The first-order chi connectivity index (χ1) is 14.4. The Morgan fingerprint density at radius 2 is 2.00 bits per heavy atom. The fraction of sp³-hybridized carbons (Fsp3) is 0.350. The molecule has 0 aromatic heterocycles. The van der Waals surface area contributed by atoms with Gasteiger partial charge in [0.15, 0.2) is 6.61 Å². The van der Waals surface area contributed by atoms with E-state index in [9.17, 15) is 26.4 Å². The summed E-state index contributed by atoms with van der Waals surface area (Å²) in [6.45, 7) is -0.534. The Balaban J connectivity index is 1.99. The Morgan fingerprint density at radius 1 is 1.29 bits per heavy atom. The van der Waals surface area contributed by atoms with Crippen LogP contribution in [0.4, 0.5) is 13.2 Å². The van der Waals surface area contributed by atoms with E-state index in [1.54, 1.807) is 18.2 Å². The van der Waals surface area contributed by atoms with Crippen molar-refractivity contribution in [1.29, 1.82) is 0 Å². The van der Waals surface area contributed by atoms with Crippen molar-refractivity contribution in [3.8, 4) is 5.75 Å². The third-order valence-corrected chi connectivity index (χ3v) is 7.40. The maximum Gasteiger partial charge on any atom is 0.416 e. The van der Waals surface area contributed by atoms with E-state index in [2.05, 4.69) is 15.9 Å². The first kappa shape index (κ1) is 23.6. The van der Waals surface area contributed by atoms with Crippen LogP contribution in [-0.4, -0.2) is 37.5 Å². The standard InChI is InChI=1S/C20H19BrF3NO5S/c1-25(31(28,29)14-9-12(20(22,23)24)8-13(21)10-14)17-6-2-5-16-15(17)4-3-7-18(16)30-11-19(26)27/h3-4,7-10,17H,2,5-6,11H2,1H3,(H,26,27). The minimum absolute atomic E-state index is 0.00250. The van der Waals surface area contributed by atoms with Crippen LogP contribution in [0.2, 0.25) is 0 Å². The van der Waals surface area contributed by atoms with Gasteiger partial charge in [-0.15, -0.1) is 0 Å². The predicted octanol–water partition coefficient (Wildman–Crippen LogP) is 4.63. The number of rotatable bonds is 6. The van der Waals surface area contributed by atoms with Gasteiger partial charge in [0.25, 0.3) is 0 Å². The molecule has 3 rings (SSSR count). The van der Waals surface area contributed by atoms with Crippen LogP contribution < -0.4 is 4.74 Å². The quantitative estimate of drug-likeness (QED) is 0.599. The summed E-state index contributed by atoms with van der Waals surface area (Å²) in [7, 11) is -2.93. The third-order valence-electron chi connectivity index (χ3n) is 5.10. The molecule has 0 saturated heterocycles. The monoisotopic (exact) mass is 521 g/mol. The molecule has 6 nitrogen and oxygen atoms in total. The minimum atomic E-state index is -4.69. The molecular weight excluding hydrogens is 503 g/mol. The Hall–Kier alpha value is -2.11. The van der Waals surface area contributed by atoms with Crippen molar-refractivity contribution in [3.63, 3.8) is 0 Å². The van der Waals surface area contributed by atoms with Crippen LogP contribution in [0.5, 0.6) is 5.75 Å². The Morgan fingerprint density at radius 3 is 2.65 bits per heavy atom. The molecule has 31 heavy (non-hydrogen) atoms. The number of carboxylic acid groups (broad SMARTS) is 1. The van der Waals surface area contributed by atoms with Crippen LogP contribution in [0.1, 0.15) is 35.6 Å². The summed E-state index contributed by atoms with van der Waals surface area (Å²) in [6.07, 6.45) is -3.05. The summed E-state index contributed by atoms with van der Waals surface area (Å²) >= 11 is 2.96. The molecule has 0 heterocycles. The minimum Gasteiger partial charge on any atom is -0.482 e. The molecule has 168 valence electrons. The summed E-state index contributed by atoms with van der Waals surface area (Å²) in [4.78, 5) is 10.4. The van der Waals surface area contributed by atoms with Crippen LogP contribution in [0.15, 0.2) is 45.8 Å². The van der Waals surface area contributed by atoms with Gasteiger partial charge < -0.3 is 9.84 Å². The lowest BCUT2D eigenvalue weighted by atomic mass is 9.87. The zero-order valence-corrected chi connectivity index (χ0v) is 18.7. The van der Waals surface area contributed by atoms with Gasteiger partial charge in [0.2, 0.25) is 10.0 Å². The fourth-order valence-electron chi connectivity index (χ4n) is 3.65. The lowest BCUT2D eigenvalue weighted by Crippen LogP contribution is -2.33. The van der Waals surface area contributed by atoms with Gasteiger partial charge >= 0.3 is 12.1 Å². The Labute approximate surface area is 185 Å². The van der Waals surface area contributed by atoms with E-state index in [1.807, 2.05) is 0 Å². The second-order valence-corrected chi connectivity index (χ2v) is 10.0. The van der Waals surface area contributed by atoms with Crippen molar-refractivity contribution < 1.29 is 36.2 Å². The lowest BCUT2D eigenvalue weighted by Gasteiger charge is -2.33. The van der Waals surface area contributed by atoms with Gasteiger partial charge in [0, 0.05) is 11.5 Å². The molecule has 0 bridgehead atoms. The van der Waals surface area contributed by atoms with Gasteiger partial charge in [0.1, 0.15) is 5.75 Å². The normalized spacial score (nSPS) is 16.8. The Kier molecular flexibility index (Phi) is 6.68. The van der Waals surface area contributed by atoms with E-state index in [-0.39, 0.29) is 4.47 Å². The second kappa shape index (κ2) is 8.79. The van der Waals surface area contributed by atoms with Crippen molar-refractivity contribution in [3.05, 3.63) is 57.6 Å². The molecule has 2 aromatic rings. The summed E-state index contributed by atoms with van der Waals surface area (Å²) in [5.74, 6) is -0.781. The third kappa shape index (κ3) is 5.04. The van der Waals surface area contributed by atoms with E-state index < -0.39 is 45.3 Å². The van der Waals surface area contributed by atoms with Gasteiger partial charge in [-0.05, 0) is 54.7 Å². The number of aliphatic carboxylic acids is 1.